The van der Waals surface area contributed by atoms with Gasteiger partial charge in [0.25, 0.3) is 5.91 Å². The topological polar surface area (TPSA) is 45.2 Å². The van der Waals surface area contributed by atoms with Crippen molar-refractivity contribution >= 4 is 17.2 Å². The Morgan fingerprint density at radius 1 is 1.06 bits per heavy atom. The molecule has 9 heteroatoms. The summed E-state index contributed by atoms with van der Waals surface area (Å²) >= 11 is 1.30. The Balaban J connectivity index is 1.75. The standard InChI is InChI=1S/C25H27F4N3OS/c1-2-3-6-12-30-24(33)22-17-34-23(31-22)16-32(15-19-9-4-5-11-21(19)26)14-18-8-7-10-20(13-18)25(27,28)29/h4-5,7-11,13,17H,2-3,6,12,14-16H2,1H3,(H,30,33). The van der Waals surface area contributed by atoms with E-state index in [0.717, 1.165) is 31.4 Å². The molecule has 0 spiro atoms. The molecule has 1 amide bonds. The number of amides is 1. The Hall–Kier alpha value is -2.78. The highest BCUT2D eigenvalue weighted by Gasteiger charge is 2.30. The zero-order valence-corrected chi connectivity index (χ0v) is 19.7. The van der Waals surface area contributed by atoms with E-state index in [4.69, 9.17) is 0 Å². The Morgan fingerprint density at radius 3 is 2.59 bits per heavy atom. The lowest BCUT2D eigenvalue weighted by molar-refractivity contribution is -0.137. The van der Waals surface area contributed by atoms with Crippen LogP contribution in [0.25, 0.3) is 0 Å². The van der Waals surface area contributed by atoms with Crippen LogP contribution in [-0.4, -0.2) is 22.3 Å². The molecule has 0 unspecified atom stereocenters. The number of halogens is 4. The number of carbonyl (C=O) groups is 1. The van der Waals surface area contributed by atoms with Gasteiger partial charge in [0.05, 0.1) is 12.1 Å². The van der Waals surface area contributed by atoms with Crippen molar-refractivity contribution in [2.75, 3.05) is 6.54 Å². The van der Waals surface area contributed by atoms with Gasteiger partial charge in [-0.1, -0.05) is 56.2 Å². The summed E-state index contributed by atoms with van der Waals surface area (Å²) in [5.74, 6) is -0.639. The summed E-state index contributed by atoms with van der Waals surface area (Å²) in [6, 6.07) is 11.4. The molecular weight excluding hydrogens is 466 g/mol. The largest absolute Gasteiger partial charge is 0.416 e. The number of benzene rings is 2. The van der Waals surface area contributed by atoms with Crippen LogP contribution in [0.1, 0.15) is 58.4 Å². The van der Waals surface area contributed by atoms with Crippen LogP contribution in [0.4, 0.5) is 17.6 Å². The normalized spacial score (nSPS) is 11.7. The van der Waals surface area contributed by atoms with Gasteiger partial charge in [-0.05, 0) is 24.1 Å². The Bertz CT molecular complexity index is 1080. The highest BCUT2D eigenvalue weighted by atomic mass is 32.1. The summed E-state index contributed by atoms with van der Waals surface area (Å²) in [5.41, 5.74) is 0.463. The highest BCUT2D eigenvalue weighted by molar-refractivity contribution is 7.09. The lowest BCUT2D eigenvalue weighted by atomic mass is 10.1. The maximum atomic E-state index is 14.3. The SMILES string of the molecule is CCCCCNC(=O)c1csc(CN(Cc2cccc(C(F)(F)F)c2)Cc2ccccc2F)n1. The maximum absolute atomic E-state index is 14.3. The van der Waals surface area contributed by atoms with Gasteiger partial charge in [-0.15, -0.1) is 11.3 Å². The maximum Gasteiger partial charge on any atom is 0.416 e. The van der Waals surface area contributed by atoms with Gasteiger partial charge >= 0.3 is 6.18 Å². The van der Waals surface area contributed by atoms with Crippen LogP contribution in [0.15, 0.2) is 53.9 Å². The number of rotatable bonds is 11. The summed E-state index contributed by atoms with van der Waals surface area (Å²) in [6.45, 7) is 3.27. The first-order valence-electron chi connectivity index (χ1n) is 11.1. The van der Waals surface area contributed by atoms with Gasteiger partial charge in [0.15, 0.2) is 0 Å². The zero-order valence-electron chi connectivity index (χ0n) is 18.9. The lowest BCUT2D eigenvalue weighted by Gasteiger charge is -2.22. The van der Waals surface area contributed by atoms with Crippen LogP contribution in [0.5, 0.6) is 0 Å². The summed E-state index contributed by atoms with van der Waals surface area (Å²) in [7, 11) is 0. The summed E-state index contributed by atoms with van der Waals surface area (Å²) < 4.78 is 53.7. The van der Waals surface area contributed by atoms with E-state index < -0.39 is 11.7 Å². The van der Waals surface area contributed by atoms with Gasteiger partial charge in [0.2, 0.25) is 0 Å². The minimum Gasteiger partial charge on any atom is -0.351 e. The molecule has 182 valence electrons. The molecule has 3 aromatic rings. The zero-order chi connectivity index (χ0) is 24.6. The fourth-order valence-electron chi connectivity index (χ4n) is 3.49. The molecular formula is C25H27F4N3OS. The van der Waals surface area contributed by atoms with Crippen molar-refractivity contribution in [1.29, 1.82) is 0 Å². The molecule has 4 nitrogen and oxygen atoms in total. The van der Waals surface area contributed by atoms with E-state index in [1.807, 2.05) is 4.90 Å². The molecule has 34 heavy (non-hydrogen) atoms. The molecule has 0 saturated carbocycles. The monoisotopic (exact) mass is 493 g/mol. The van der Waals surface area contributed by atoms with Crippen molar-refractivity contribution in [1.82, 2.24) is 15.2 Å². The molecule has 1 N–H and O–H groups in total. The average molecular weight is 494 g/mol. The average Bonchev–Trinajstić information content (AvgIpc) is 3.26. The number of unbranched alkanes of at least 4 members (excludes halogenated alkanes) is 2. The third kappa shape index (κ3) is 7.63. The van der Waals surface area contributed by atoms with E-state index >= 15 is 0 Å². The molecule has 1 aromatic heterocycles. The Morgan fingerprint density at radius 2 is 1.85 bits per heavy atom. The first-order valence-corrected chi connectivity index (χ1v) is 12.0. The minimum atomic E-state index is -4.44. The van der Waals surface area contributed by atoms with Crippen molar-refractivity contribution in [2.24, 2.45) is 0 Å². The molecule has 0 radical (unpaired) electrons. The molecule has 0 fully saturated rings. The first kappa shape index (κ1) is 25.8. The number of hydrogen-bond donors (Lipinski definition) is 1. The summed E-state index contributed by atoms with van der Waals surface area (Å²) in [6.07, 6.45) is -1.46. The molecule has 0 aliphatic carbocycles. The van der Waals surface area contributed by atoms with E-state index in [-0.39, 0.29) is 31.4 Å². The molecule has 0 bridgehead atoms. The van der Waals surface area contributed by atoms with E-state index in [9.17, 15) is 22.4 Å². The summed E-state index contributed by atoms with van der Waals surface area (Å²) in [4.78, 5) is 18.5. The third-order valence-electron chi connectivity index (χ3n) is 5.22. The highest BCUT2D eigenvalue weighted by Crippen LogP contribution is 2.30. The van der Waals surface area contributed by atoms with Gasteiger partial charge in [0.1, 0.15) is 16.5 Å². The number of thiazole rings is 1. The van der Waals surface area contributed by atoms with Crippen molar-refractivity contribution in [3.8, 4) is 0 Å². The van der Waals surface area contributed by atoms with Crippen molar-refractivity contribution in [3.63, 3.8) is 0 Å². The number of carbonyl (C=O) groups excluding carboxylic acids is 1. The lowest BCUT2D eigenvalue weighted by Crippen LogP contribution is -2.25. The van der Waals surface area contributed by atoms with Crippen molar-refractivity contribution < 1.29 is 22.4 Å². The molecule has 1 heterocycles. The number of hydrogen-bond acceptors (Lipinski definition) is 4. The number of nitrogens with one attached hydrogen (secondary N) is 1. The van der Waals surface area contributed by atoms with Gasteiger partial charge in [-0.25, -0.2) is 9.37 Å². The third-order valence-corrected chi connectivity index (χ3v) is 6.05. The fourth-order valence-corrected chi connectivity index (χ4v) is 4.30. The van der Waals surface area contributed by atoms with E-state index in [2.05, 4.69) is 17.2 Å². The van der Waals surface area contributed by atoms with Gasteiger partial charge in [-0.2, -0.15) is 13.2 Å². The van der Waals surface area contributed by atoms with Crippen LogP contribution in [0, 0.1) is 5.82 Å². The predicted molar refractivity (Wildman–Crippen MR) is 125 cm³/mol. The first-order chi connectivity index (χ1) is 16.3. The second-order valence-electron chi connectivity index (χ2n) is 8.02. The smallest absolute Gasteiger partial charge is 0.351 e. The second kappa shape index (κ2) is 12.1. The van der Waals surface area contributed by atoms with Gasteiger partial charge < -0.3 is 5.32 Å². The summed E-state index contributed by atoms with van der Waals surface area (Å²) in [5, 5.41) is 5.13. The van der Waals surface area contributed by atoms with E-state index in [0.29, 0.717) is 28.4 Å². The minimum absolute atomic E-state index is 0.163. The molecule has 3 rings (SSSR count). The number of aromatic nitrogens is 1. The van der Waals surface area contributed by atoms with Crippen LogP contribution < -0.4 is 5.32 Å². The predicted octanol–water partition coefficient (Wildman–Crippen LogP) is 6.42. The van der Waals surface area contributed by atoms with Crippen molar-refractivity contribution in [2.45, 2.75) is 52.0 Å². The van der Waals surface area contributed by atoms with Crippen LogP contribution in [-0.2, 0) is 25.8 Å². The molecule has 2 aromatic carbocycles. The molecule has 0 saturated heterocycles. The van der Waals surface area contributed by atoms with E-state index in [1.165, 1.54) is 23.5 Å². The Labute approximate surface area is 200 Å². The van der Waals surface area contributed by atoms with Gasteiger partial charge in [-0.3, -0.25) is 9.69 Å². The second-order valence-corrected chi connectivity index (χ2v) is 8.97. The molecule has 0 aliphatic heterocycles. The number of nitrogens with zero attached hydrogens (tertiary/aromatic N) is 2. The molecule has 0 aliphatic rings. The van der Waals surface area contributed by atoms with Crippen LogP contribution in [0.2, 0.25) is 0 Å². The van der Waals surface area contributed by atoms with Crippen LogP contribution >= 0.6 is 11.3 Å². The van der Waals surface area contributed by atoms with Crippen LogP contribution in [0.3, 0.4) is 0 Å². The van der Waals surface area contributed by atoms with E-state index in [1.54, 1.807) is 29.6 Å². The number of alkyl halides is 3. The fraction of sp³-hybridized carbons (Fsp3) is 0.360. The van der Waals surface area contributed by atoms with Gasteiger partial charge in [0, 0.05) is 30.6 Å². The van der Waals surface area contributed by atoms with Crippen molar-refractivity contribution in [3.05, 3.63) is 87.1 Å². The Kier molecular flexibility index (Phi) is 9.18. The molecule has 0 atom stereocenters. The quantitative estimate of drug-likeness (QED) is 0.248.